The number of hydrogen-bond acceptors (Lipinski definition) is 4. The van der Waals surface area contributed by atoms with Crippen LogP contribution in [-0.2, 0) is 10.0 Å². The summed E-state index contributed by atoms with van der Waals surface area (Å²) in [5, 5.41) is 2.63. The van der Waals surface area contributed by atoms with Gasteiger partial charge in [0.2, 0.25) is 10.0 Å². The predicted molar refractivity (Wildman–Crippen MR) is 94.3 cm³/mol. The zero-order chi connectivity index (χ0) is 16.2. The molecule has 0 radical (unpaired) electrons. The number of hydrogen-bond donors (Lipinski definition) is 3. The number of nitrogen functional groups attached to an aromatic ring is 1. The molecule has 0 aromatic heterocycles. The van der Waals surface area contributed by atoms with Gasteiger partial charge in [-0.15, -0.1) is 12.4 Å². The molecule has 0 aliphatic heterocycles. The van der Waals surface area contributed by atoms with Gasteiger partial charge in [-0.1, -0.05) is 12.5 Å². The minimum atomic E-state index is -3.34. The lowest BCUT2D eigenvalue weighted by Crippen LogP contribution is -2.37. The highest BCUT2D eigenvalue weighted by Gasteiger charge is 2.20. The molecule has 0 spiro atoms. The second-order valence-corrected chi connectivity index (χ2v) is 7.72. The number of nitrogens with one attached hydrogen (secondary N) is 2. The summed E-state index contributed by atoms with van der Waals surface area (Å²) in [4.78, 5) is 12.0. The van der Waals surface area contributed by atoms with Crippen LogP contribution in [0.4, 0.5) is 5.69 Å². The normalized spacial score (nSPS) is 14.7. The van der Waals surface area contributed by atoms with Crippen LogP contribution in [0.5, 0.6) is 0 Å². The van der Waals surface area contributed by atoms with Gasteiger partial charge in [0.25, 0.3) is 5.91 Å². The van der Waals surface area contributed by atoms with E-state index in [1.807, 2.05) is 6.92 Å². The number of benzene rings is 1. The Bertz CT molecular complexity index is 645. The lowest BCUT2D eigenvalue weighted by molar-refractivity contribution is 0.0955. The summed E-state index contributed by atoms with van der Waals surface area (Å²) in [6.07, 6.45) is 3.37. The average Bonchev–Trinajstić information content (AvgIpc) is 2.39. The zero-order valence-electron chi connectivity index (χ0n) is 13.2. The lowest BCUT2D eigenvalue weighted by atomic mass is 9.86. The maximum Gasteiger partial charge on any atom is 0.251 e. The molecule has 0 saturated heterocycles. The summed E-state index contributed by atoms with van der Waals surface area (Å²) in [5.74, 6) is 0.0469. The number of anilines is 1. The van der Waals surface area contributed by atoms with Crippen molar-refractivity contribution in [2.75, 3.05) is 24.6 Å². The van der Waals surface area contributed by atoms with Crippen molar-refractivity contribution in [1.29, 1.82) is 0 Å². The van der Waals surface area contributed by atoms with Gasteiger partial charge < -0.3 is 11.1 Å². The van der Waals surface area contributed by atoms with Crippen molar-refractivity contribution in [3.63, 3.8) is 0 Å². The Morgan fingerprint density at radius 3 is 2.65 bits per heavy atom. The Balaban J connectivity index is 0.00000264. The monoisotopic (exact) mass is 361 g/mol. The van der Waals surface area contributed by atoms with Gasteiger partial charge in [-0.05, 0) is 43.4 Å². The molecule has 0 unspecified atom stereocenters. The number of carbonyl (C=O) groups excluding carboxylic acids is 1. The molecular formula is C15H24ClN3O3S. The van der Waals surface area contributed by atoms with Gasteiger partial charge in [-0.25, -0.2) is 13.1 Å². The van der Waals surface area contributed by atoms with Crippen molar-refractivity contribution in [1.82, 2.24) is 10.0 Å². The number of carbonyl (C=O) groups is 1. The summed E-state index contributed by atoms with van der Waals surface area (Å²) in [6.45, 7) is 2.39. The van der Waals surface area contributed by atoms with Crippen LogP contribution in [0.2, 0.25) is 0 Å². The zero-order valence-corrected chi connectivity index (χ0v) is 14.8. The van der Waals surface area contributed by atoms with Crippen LogP contribution in [0.25, 0.3) is 0 Å². The van der Waals surface area contributed by atoms with Crippen molar-refractivity contribution in [2.45, 2.75) is 26.2 Å². The van der Waals surface area contributed by atoms with E-state index < -0.39 is 10.0 Å². The highest BCUT2D eigenvalue weighted by atomic mass is 35.5. The third kappa shape index (κ3) is 6.01. The minimum Gasteiger partial charge on any atom is -0.399 e. The van der Waals surface area contributed by atoms with E-state index in [4.69, 9.17) is 5.73 Å². The number of rotatable bonds is 7. The summed E-state index contributed by atoms with van der Waals surface area (Å²) >= 11 is 0. The third-order valence-electron chi connectivity index (χ3n) is 3.98. The van der Waals surface area contributed by atoms with Crippen molar-refractivity contribution in [3.05, 3.63) is 29.3 Å². The maximum absolute atomic E-state index is 12.0. The third-order valence-corrected chi connectivity index (χ3v) is 5.33. The van der Waals surface area contributed by atoms with Crippen LogP contribution in [-0.4, -0.2) is 33.2 Å². The molecule has 0 bridgehead atoms. The SMILES string of the molecule is Cc1ccc(N)cc1C(=O)NCCS(=O)(=O)NCC1CCC1.Cl. The van der Waals surface area contributed by atoms with Crippen LogP contribution < -0.4 is 15.8 Å². The van der Waals surface area contributed by atoms with E-state index in [0.717, 1.165) is 18.4 Å². The van der Waals surface area contributed by atoms with Gasteiger partial charge in [-0.2, -0.15) is 0 Å². The Kier molecular flexibility index (Phi) is 7.31. The maximum atomic E-state index is 12.0. The largest absolute Gasteiger partial charge is 0.399 e. The van der Waals surface area contributed by atoms with Crippen LogP contribution in [0.3, 0.4) is 0 Å². The molecule has 1 aromatic carbocycles. The Morgan fingerprint density at radius 2 is 2.04 bits per heavy atom. The molecule has 1 aliphatic rings. The van der Waals surface area contributed by atoms with E-state index >= 15 is 0 Å². The highest BCUT2D eigenvalue weighted by Crippen LogP contribution is 2.25. The first-order valence-electron chi connectivity index (χ1n) is 7.49. The molecule has 0 atom stereocenters. The standard InChI is InChI=1S/C15H23N3O3S.ClH/c1-11-5-6-13(16)9-14(11)15(19)17-7-8-22(20,21)18-10-12-3-2-4-12;/h5-6,9,12,18H,2-4,7-8,10,16H2,1H3,(H,17,19);1H. The van der Waals surface area contributed by atoms with Crippen LogP contribution in [0.15, 0.2) is 18.2 Å². The molecule has 1 amide bonds. The smallest absolute Gasteiger partial charge is 0.251 e. The number of halogens is 1. The Labute approximate surface area is 143 Å². The first kappa shape index (κ1) is 19.7. The Morgan fingerprint density at radius 1 is 1.35 bits per heavy atom. The van der Waals surface area contributed by atoms with Crippen molar-refractivity contribution < 1.29 is 13.2 Å². The second-order valence-electron chi connectivity index (χ2n) is 5.79. The van der Waals surface area contributed by atoms with Crippen molar-refractivity contribution in [2.24, 2.45) is 5.92 Å². The molecule has 1 saturated carbocycles. The molecular weight excluding hydrogens is 338 g/mol. The van der Waals surface area contributed by atoms with Crippen molar-refractivity contribution >= 4 is 34.0 Å². The van der Waals surface area contributed by atoms with Gasteiger partial charge in [-0.3, -0.25) is 4.79 Å². The van der Waals surface area contributed by atoms with Crippen molar-refractivity contribution in [3.8, 4) is 0 Å². The molecule has 1 aliphatic carbocycles. The summed E-state index contributed by atoms with van der Waals surface area (Å²) in [7, 11) is -3.34. The quantitative estimate of drug-likeness (QED) is 0.640. The molecule has 23 heavy (non-hydrogen) atoms. The van der Waals surface area contributed by atoms with E-state index in [-0.39, 0.29) is 30.6 Å². The molecule has 0 heterocycles. The first-order chi connectivity index (χ1) is 10.4. The predicted octanol–water partition coefficient (Wildman–Crippen LogP) is 1.45. The summed E-state index contributed by atoms with van der Waals surface area (Å²) in [5.41, 5.74) is 7.44. The molecule has 4 N–H and O–H groups in total. The summed E-state index contributed by atoms with van der Waals surface area (Å²) < 4.78 is 26.3. The Hall–Kier alpha value is -1.31. The topological polar surface area (TPSA) is 101 Å². The number of sulfonamides is 1. The fourth-order valence-corrected chi connectivity index (χ4v) is 3.30. The van der Waals surface area contributed by atoms with E-state index in [1.165, 1.54) is 6.42 Å². The van der Waals surface area contributed by atoms with Gasteiger partial charge in [0, 0.05) is 24.3 Å². The molecule has 1 fully saturated rings. The molecule has 1 aromatic rings. The van der Waals surface area contributed by atoms with Crippen LogP contribution >= 0.6 is 12.4 Å². The average molecular weight is 362 g/mol. The molecule has 2 rings (SSSR count). The fourth-order valence-electron chi connectivity index (χ4n) is 2.29. The van der Waals surface area contributed by atoms with E-state index in [1.54, 1.807) is 18.2 Å². The fraction of sp³-hybridized carbons (Fsp3) is 0.533. The molecule has 130 valence electrons. The van der Waals surface area contributed by atoms with E-state index in [0.29, 0.717) is 23.7 Å². The van der Waals surface area contributed by atoms with Gasteiger partial charge in [0.15, 0.2) is 0 Å². The minimum absolute atomic E-state index is 0. The van der Waals surface area contributed by atoms with Gasteiger partial charge in [0.05, 0.1) is 5.75 Å². The summed E-state index contributed by atoms with van der Waals surface area (Å²) in [6, 6.07) is 5.08. The van der Waals surface area contributed by atoms with Crippen LogP contribution in [0, 0.1) is 12.8 Å². The van der Waals surface area contributed by atoms with Gasteiger partial charge >= 0.3 is 0 Å². The van der Waals surface area contributed by atoms with Gasteiger partial charge in [0.1, 0.15) is 0 Å². The number of nitrogens with two attached hydrogens (primary N) is 1. The second kappa shape index (κ2) is 8.52. The number of amides is 1. The van der Waals surface area contributed by atoms with Crippen LogP contribution in [0.1, 0.15) is 35.2 Å². The lowest BCUT2D eigenvalue weighted by Gasteiger charge is -2.25. The van der Waals surface area contributed by atoms with E-state index in [9.17, 15) is 13.2 Å². The number of aryl methyl sites for hydroxylation is 1. The first-order valence-corrected chi connectivity index (χ1v) is 9.14. The molecule has 6 nitrogen and oxygen atoms in total. The highest BCUT2D eigenvalue weighted by molar-refractivity contribution is 7.89. The van der Waals surface area contributed by atoms with E-state index in [2.05, 4.69) is 10.0 Å². The molecule has 8 heteroatoms.